The average molecular weight is 240 g/mol. The molecule has 4 heteroatoms. The molecule has 18 heavy (non-hydrogen) atoms. The number of rotatable bonds is 1. The summed E-state index contributed by atoms with van der Waals surface area (Å²) in [5.41, 5.74) is 3.12. The van der Waals surface area contributed by atoms with E-state index < -0.39 is 0 Å². The van der Waals surface area contributed by atoms with E-state index in [1.807, 2.05) is 37.2 Å². The molecule has 0 bridgehead atoms. The smallest absolute Gasteiger partial charge is 0.182 e. The van der Waals surface area contributed by atoms with Crippen molar-refractivity contribution in [3.63, 3.8) is 0 Å². The Bertz CT molecular complexity index is 746. The van der Waals surface area contributed by atoms with Gasteiger partial charge in [0, 0.05) is 31.9 Å². The molecule has 0 N–H and O–H groups in total. The standard InChI is InChI=1S/C14H12N2O2/c1-16(2)9-3-5-11-13(7-9)18-14-8-10(17)4-6-12(14)15-11/h3-8H,1-2H3. The molecule has 4 nitrogen and oxygen atoms in total. The molecule has 0 saturated carbocycles. The number of benzene rings is 2. The van der Waals surface area contributed by atoms with Crippen molar-refractivity contribution in [1.29, 1.82) is 0 Å². The van der Waals surface area contributed by atoms with Crippen LogP contribution in [-0.4, -0.2) is 19.1 Å². The summed E-state index contributed by atoms with van der Waals surface area (Å²) in [6.07, 6.45) is 0. The molecule has 2 aliphatic rings. The maximum absolute atomic E-state index is 11.3. The van der Waals surface area contributed by atoms with Gasteiger partial charge in [0.15, 0.2) is 16.8 Å². The highest BCUT2D eigenvalue weighted by molar-refractivity contribution is 5.79. The van der Waals surface area contributed by atoms with Gasteiger partial charge in [-0.2, -0.15) is 0 Å². The minimum Gasteiger partial charge on any atom is -0.453 e. The highest BCUT2D eigenvalue weighted by Crippen LogP contribution is 2.26. The molecule has 0 unspecified atom stereocenters. The minimum absolute atomic E-state index is 0.0730. The van der Waals surface area contributed by atoms with Crippen molar-refractivity contribution in [1.82, 2.24) is 4.98 Å². The quantitative estimate of drug-likeness (QED) is 0.612. The Balaban J connectivity index is 2.33. The van der Waals surface area contributed by atoms with Crippen molar-refractivity contribution in [3.8, 4) is 11.5 Å². The second-order valence-electron chi connectivity index (χ2n) is 4.39. The number of hydrogen-bond acceptors (Lipinski definition) is 4. The Kier molecular flexibility index (Phi) is 2.30. The summed E-state index contributed by atoms with van der Waals surface area (Å²) in [5, 5.41) is 0. The SMILES string of the molecule is CN(C)c1ccc2nc3ccc(=O)cc-3oc2c1. The Morgan fingerprint density at radius 2 is 1.94 bits per heavy atom. The molecular weight excluding hydrogens is 228 g/mol. The third kappa shape index (κ3) is 1.72. The molecule has 0 atom stereocenters. The largest absolute Gasteiger partial charge is 0.453 e. The van der Waals surface area contributed by atoms with Crippen LogP contribution in [-0.2, 0) is 0 Å². The molecule has 1 aliphatic carbocycles. The molecule has 1 aromatic carbocycles. The zero-order chi connectivity index (χ0) is 12.7. The number of hydrogen-bond donors (Lipinski definition) is 0. The van der Waals surface area contributed by atoms with Crippen LogP contribution in [0.3, 0.4) is 0 Å². The van der Waals surface area contributed by atoms with E-state index >= 15 is 0 Å². The van der Waals surface area contributed by atoms with Gasteiger partial charge in [-0.1, -0.05) is 0 Å². The van der Waals surface area contributed by atoms with E-state index in [9.17, 15) is 4.79 Å². The van der Waals surface area contributed by atoms with Crippen LogP contribution < -0.4 is 10.3 Å². The van der Waals surface area contributed by atoms with Crippen molar-refractivity contribution >= 4 is 16.8 Å². The van der Waals surface area contributed by atoms with Gasteiger partial charge in [-0.05, 0) is 24.3 Å². The second kappa shape index (κ2) is 3.84. The summed E-state index contributed by atoms with van der Waals surface area (Å²) in [6, 6.07) is 10.5. The van der Waals surface area contributed by atoms with Gasteiger partial charge in [0.05, 0.1) is 0 Å². The van der Waals surface area contributed by atoms with E-state index in [1.165, 1.54) is 12.1 Å². The van der Waals surface area contributed by atoms with Gasteiger partial charge < -0.3 is 9.32 Å². The first-order valence-corrected chi connectivity index (χ1v) is 5.65. The van der Waals surface area contributed by atoms with Crippen molar-refractivity contribution in [3.05, 3.63) is 46.6 Å². The normalized spacial score (nSPS) is 11.0. The lowest BCUT2D eigenvalue weighted by atomic mass is 10.2. The lowest BCUT2D eigenvalue weighted by Crippen LogP contribution is -2.08. The molecule has 0 spiro atoms. The molecule has 0 fully saturated rings. The van der Waals surface area contributed by atoms with Crippen LogP contribution in [0.25, 0.3) is 22.6 Å². The molecule has 0 aromatic heterocycles. The minimum atomic E-state index is -0.0730. The summed E-state index contributed by atoms with van der Waals surface area (Å²) >= 11 is 0. The molecule has 0 amide bonds. The molecule has 0 saturated heterocycles. The Morgan fingerprint density at radius 1 is 1.11 bits per heavy atom. The van der Waals surface area contributed by atoms with E-state index in [4.69, 9.17) is 4.42 Å². The van der Waals surface area contributed by atoms with Crippen LogP contribution in [0.1, 0.15) is 0 Å². The highest BCUT2D eigenvalue weighted by atomic mass is 16.3. The molecule has 90 valence electrons. The first-order valence-electron chi connectivity index (χ1n) is 5.65. The lowest BCUT2D eigenvalue weighted by Gasteiger charge is -2.13. The van der Waals surface area contributed by atoms with Crippen LogP contribution in [0.4, 0.5) is 5.69 Å². The zero-order valence-corrected chi connectivity index (χ0v) is 10.2. The van der Waals surface area contributed by atoms with Gasteiger partial charge in [-0.3, -0.25) is 4.79 Å². The fourth-order valence-electron chi connectivity index (χ4n) is 1.87. The molecule has 1 heterocycles. The Hall–Kier alpha value is -2.36. The van der Waals surface area contributed by atoms with Crippen molar-refractivity contribution < 1.29 is 4.42 Å². The Morgan fingerprint density at radius 3 is 2.72 bits per heavy atom. The number of nitrogens with zero attached hydrogens (tertiary/aromatic N) is 2. The van der Waals surface area contributed by atoms with E-state index in [2.05, 4.69) is 4.98 Å². The van der Waals surface area contributed by atoms with Gasteiger partial charge >= 0.3 is 0 Å². The third-order valence-corrected chi connectivity index (χ3v) is 2.85. The van der Waals surface area contributed by atoms with Crippen LogP contribution in [0.2, 0.25) is 0 Å². The van der Waals surface area contributed by atoms with Crippen LogP contribution in [0, 0.1) is 0 Å². The van der Waals surface area contributed by atoms with E-state index in [1.54, 1.807) is 6.07 Å². The van der Waals surface area contributed by atoms with Gasteiger partial charge in [-0.15, -0.1) is 0 Å². The fraction of sp³-hybridized carbons (Fsp3) is 0.143. The first-order chi connectivity index (χ1) is 8.63. The van der Waals surface area contributed by atoms with Gasteiger partial charge in [0.25, 0.3) is 0 Å². The second-order valence-corrected chi connectivity index (χ2v) is 4.39. The predicted octanol–water partition coefficient (Wildman–Crippen LogP) is 2.36. The molecule has 1 aliphatic heterocycles. The fourth-order valence-corrected chi connectivity index (χ4v) is 1.87. The number of anilines is 1. The summed E-state index contributed by atoms with van der Waals surface area (Å²) in [6.45, 7) is 0. The first kappa shape index (κ1) is 10.8. The number of fused-ring (bicyclic) bond motifs is 2. The average Bonchev–Trinajstić information content (AvgIpc) is 2.35. The van der Waals surface area contributed by atoms with Gasteiger partial charge in [0.1, 0.15) is 11.2 Å². The summed E-state index contributed by atoms with van der Waals surface area (Å²) in [5.74, 6) is 0.519. The summed E-state index contributed by atoms with van der Waals surface area (Å²) < 4.78 is 5.73. The van der Waals surface area contributed by atoms with Crippen LogP contribution in [0.5, 0.6) is 0 Å². The monoisotopic (exact) mass is 240 g/mol. The van der Waals surface area contributed by atoms with Gasteiger partial charge in [0.2, 0.25) is 0 Å². The predicted molar refractivity (Wildman–Crippen MR) is 71.2 cm³/mol. The Labute approximate surface area is 104 Å². The number of aromatic nitrogens is 1. The van der Waals surface area contributed by atoms with Crippen molar-refractivity contribution in [2.45, 2.75) is 0 Å². The summed E-state index contributed by atoms with van der Waals surface area (Å²) in [7, 11) is 3.93. The van der Waals surface area contributed by atoms with Gasteiger partial charge in [-0.25, -0.2) is 4.98 Å². The maximum Gasteiger partial charge on any atom is 0.182 e. The van der Waals surface area contributed by atoms with E-state index in [0.717, 1.165) is 11.2 Å². The third-order valence-electron chi connectivity index (χ3n) is 2.85. The van der Waals surface area contributed by atoms with Crippen molar-refractivity contribution in [2.75, 3.05) is 19.0 Å². The molecule has 1 aromatic rings. The van der Waals surface area contributed by atoms with Crippen LogP contribution >= 0.6 is 0 Å². The molecule has 0 radical (unpaired) electrons. The highest BCUT2D eigenvalue weighted by Gasteiger charge is 2.09. The maximum atomic E-state index is 11.3. The van der Waals surface area contributed by atoms with Crippen molar-refractivity contribution in [2.24, 2.45) is 0 Å². The molecular formula is C14H12N2O2. The van der Waals surface area contributed by atoms with E-state index in [0.29, 0.717) is 17.0 Å². The zero-order valence-electron chi connectivity index (χ0n) is 10.2. The lowest BCUT2D eigenvalue weighted by molar-refractivity contribution is 0.612. The topological polar surface area (TPSA) is 46.3 Å². The van der Waals surface area contributed by atoms with Crippen LogP contribution in [0.15, 0.2) is 45.6 Å². The molecule has 3 rings (SSSR count). The summed E-state index contributed by atoms with van der Waals surface area (Å²) in [4.78, 5) is 17.8. The van der Waals surface area contributed by atoms with E-state index in [-0.39, 0.29) is 5.43 Å².